The number of hydrogen-bond donors (Lipinski definition) is 3. The zero-order chi connectivity index (χ0) is 13.0. The van der Waals surface area contributed by atoms with Crippen molar-refractivity contribution in [2.24, 2.45) is 5.73 Å². The number of aliphatic hydroxyl groups is 2. The Morgan fingerprint density at radius 3 is 2.59 bits per heavy atom. The number of nitro groups is 1. The van der Waals surface area contributed by atoms with Crippen LogP contribution in [0.3, 0.4) is 0 Å². The Hall–Kier alpha value is -2.01. The first-order chi connectivity index (χ1) is 7.99. The van der Waals surface area contributed by atoms with Gasteiger partial charge in [0.05, 0.1) is 22.7 Å². The quantitative estimate of drug-likeness (QED) is 0.491. The Bertz CT molecular complexity index is 469. The second kappa shape index (κ2) is 5.36. The van der Waals surface area contributed by atoms with Gasteiger partial charge in [-0.15, -0.1) is 0 Å². The fourth-order valence-corrected chi connectivity index (χ4v) is 1.33. The predicted molar refractivity (Wildman–Crippen MR) is 57.8 cm³/mol. The minimum atomic E-state index is -1.35. The molecule has 90 valence electrons. The highest BCUT2D eigenvalue weighted by molar-refractivity contribution is 5.45. The van der Waals surface area contributed by atoms with E-state index >= 15 is 0 Å². The van der Waals surface area contributed by atoms with Gasteiger partial charge in [0, 0.05) is 18.7 Å². The molecule has 7 heteroatoms. The molecule has 0 fully saturated rings. The van der Waals surface area contributed by atoms with Crippen molar-refractivity contribution in [3.63, 3.8) is 0 Å². The maximum Gasteiger partial charge on any atom is 0.271 e. The summed E-state index contributed by atoms with van der Waals surface area (Å²) in [5, 5.41) is 38.3. The van der Waals surface area contributed by atoms with Crippen molar-refractivity contribution < 1.29 is 15.1 Å². The maximum absolute atomic E-state index is 10.6. The summed E-state index contributed by atoms with van der Waals surface area (Å²) in [5.41, 5.74) is 4.98. The monoisotopic (exact) mass is 237 g/mol. The van der Waals surface area contributed by atoms with Crippen molar-refractivity contribution in [2.45, 2.75) is 12.2 Å². The van der Waals surface area contributed by atoms with Gasteiger partial charge in [0.2, 0.25) is 0 Å². The fourth-order valence-electron chi connectivity index (χ4n) is 1.33. The Morgan fingerprint density at radius 2 is 2.12 bits per heavy atom. The second-order valence-electron chi connectivity index (χ2n) is 3.43. The van der Waals surface area contributed by atoms with Gasteiger partial charge in [-0.25, -0.2) is 0 Å². The lowest BCUT2D eigenvalue weighted by atomic mass is 10.0. The van der Waals surface area contributed by atoms with Crippen molar-refractivity contribution >= 4 is 5.69 Å². The summed E-state index contributed by atoms with van der Waals surface area (Å²) in [4.78, 5) is 9.94. The number of non-ortho nitro benzene ring substituents is 1. The highest BCUT2D eigenvalue weighted by Gasteiger charge is 2.20. The van der Waals surface area contributed by atoms with Crippen LogP contribution in [0, 0.1) is 21.4 Å². The summed E-state index contributed by atoms with van der Waals surface area (Å²) in [6, 6.07) is 5.21. The van der Waals surface area contributed by atoms with Crippen molar-refractivity contribution in [1.82, 2.24) is 0 Å². The van der Waals surface area contributed by atoms with Gasteiger partial charge in [-0.1, -0.05) is 0 Å². The molecule has 0 amide bonds. The summed E-state index contributed by atoms with van der Waals surface area (Å²) in [7, 11) is 0. The molecule has 0 aliphatic heterocycles. The first-order valence-electron chi connectivity index (χ1n) is 4.75. The molecule has 1 rings (SSSR count). The summed E-state index contributed by atoms with van der Waals surface area (Å²) >= 11 is 0. The minimum absolute atomic E-state index is 0.0393. The van der Waals surface area contributed by atoms with Gasteiger partial charge in [0.25, 0.3) is 5.69 Å². The van der Waals surface area contributed by atoms with Gasteiger partial charge < -0.3 is 15.9 Å². The lowest BCUT2D eigenvalue weighted by molar-refractivity contribution is -0.385. The Morgan fingerprint density at radius 1 is 1.47 bits per heavy atom. The van der Waals surface area contributed by atoms with E-state index in [2.05, 4.69) is 0 Å². The van der Waals surface area contributed by atoms with E-state index in [1.807, 2.05) is 0 Å². The third-order valence-corrected chi connectivity index (χ3v) is 2.23. The molecule has 4 N–H and O–H groups in total. The van der Waals surface area contributed by atoms with Crippen molar-refractivity contribution in [1.29, 1.82) is 5.26 Å². The number of aliphatic hydroxyl groups excluding tert-OH is 2. The Balaban J connectivity index is 3.20. The molecular formula is C10H11N3O4. The smallest absolute Gasteiger partial charge is 0.271 e. The number of hydrogen-bond acceptors (Lipinski definition) is 6. The van der Waals surface area contributed by atoms with Crippen LogP contribution in [0.4, 0.5) is 5.69 Å². The first kappa shape index (κ1) is 13.1. The van der Waals surface area contributed by atoms with Gasteiger partial charge in [-0.2, -0.15) is 5.26 Å². The molecule has 0 aromatic heterocycles. The van der Waals surface area contributed by atoms with E-state index in [4.69, 9.17) is 11.0 Å². The second-order valence-corrected chi connectivity index (χ2v) is 3.43. The first-order valence-corrected chi connectivity index (χ1v) is 4.75. The number of nitriles is 1. The molecule has 0 aliphatic carbocycles. The summed E-state index contributed by atoms with van der Waals surface area (Å²) in [5.74, 6) is 0. The van der Waals surface area contributed by atoms with Crippen LogP contribution in [0.15, 0.2) is 18.2 Å². The molecule has 0 spiro atoms. The highest BCUT2D eigenvalue weighted by Crippen LogP contribution is 2.23. The molecule has 1 aromatic rings. The number of nitro benzene ring substituents is 1. The lowest BCUT2D eigenvalue weighted by Gasteiger charge is -2.16. The van der Waals surface area contributed by atoms with Gasteiger partial charge >= 0.3 is 0 Å². The Kier molecular flexibility index (Phi) is 4.12. The number of rotatable bonds is 4. The zero-order valence-electron chi connectivity index (χ0n) is 8.78. The summed E-state index contributed by atoms with van der Waals surface area (Å²) in [6.07, 6.45) is -2.59. The zero-order valence-corrected chi connectivity index (χ0v) is 8.78. The van der Waals surface area contributed by atoms with Gasteiger partial charge in [-0.05, 0) is 11.6 Å². The average Bonchev–Trinajstić information content (AvgIpc) is 2.36. The lowest BCUT2D eigenvalue weighted by Crippen LogP contribution is -2.27. The minimum Gasteiger partial charge on any atom is -0.389 e. The van der Waals surface area contributed by atoms with Gasteiger partial charge in [0.15, 0.2) is 0 Å². The molecule has 17 heavy (non-hydrogen) atoms. The summed E-state index contributed by atoms with van der Waals surface area (Å²) in [6.45, 7) is -0.189. The van der Waals surface area contributed by atoms with Crippen LogP contribution in [-0.4, -0.2) is 27.8 Å². The largest absolute Gasteiger partial charge is 0.389 e. The average molecular weight is 237 g/mol. The standard InChI is InChI=1S/C10H11N3O4/c11-4-6-1-7(10(15)9(14)5-12)3-8(2-6)13(16)17/h1-3,9-10,14-15H,5,12H2. The predicted octanol–water partition coefficient (Wildman–Crippen LogP) is -0.181. The van der Waals surface area contributed by atoms with Crippen molar-refractivity contribution in [2.75, 3.05) is 6.54 Å². The topological polar surface area (TPSA) is 133 Å². The van der Waals surface area contributed by atoms with Crippen LogP contribution < -0.4 is 5.73 Å². The van der Waals surface area contributed by atoms with E-state index in [1.54, 1.807) is 6.07 Å². The third-order valence-electron chi connectivity index (χ3n) is 2.23. The van der Waals surface area contributed by atoms with Gasteiger partial charge in [-0.3, -0.25) is 10.1 Å². The normalized spacial score (nSPS) is 13.8. The number of nitrogens with zero attached hydrogens (tertiary/aromatic N) is 2. The van der Waals surface area contributed by atoms with E-state index < -0.39 is 17.1 Å². The van der Waals surface area contributed by atoms with Crippen LogP contribution in [0.2, 0.25) is 0 Å². The molecule has 0 saturated heterocycles. The molecule has 0 heterocycles. The van der Waals surface area contributed by atoms with Crippen molar-refractivity contribution in [3.05, 3.63) is 39.4 Å². The maximum atomic E-state index is 10.6. The van der Waals surface area contributed by atoms with Crippen LogP contribution in [-0.2, 0) is 0 Å². The number of nitrogens with two attached hydrogens (primary N) is 1. The molecule has 0 saturated carbocycles. The van der Waals surface area contributed by atoms with Crippen molar-refractivity contribution in [3.8, 4) is 6.07 Å². The van der Waals surface area contributed by atoms with E-state index in [1.165, 1.54) is 6.07 Å². The number of benzene rings is 1. The van der Waals surface area contributed by atoms with E-state index in [9.17, 15) is 20.3 Å². The van der Waals surface area contributed by atoms with Crippen LogP contribution >= 0.6 is 0 Å². The molecule has 0 bridgehead atoms. The van der Waals surface area contributed by atoms with E-state index in [0.29, 0.717) is 0 Å². The molecule has 7 nitrogen and oxygen atoms in total. The molecule has 0 radical (unpaired) electrons. The molecular weight excluding hydrogens is 226 g/mol. The molecule has 1 aromatic carbocycles. The molecule has 2 unspecified atom stereocenters. The Labute approximate surface area is 96.9 Å². The SMILES string of the molecule is N#Cc1cc(C(O)C(O)CN)cc([N+](=O)[O-])c1. The molecule has 0 aliphatic rings. The van der Waals surface area contributed by atoms with Crippen LogP contribution in [0.5, 0.6) is 0 Å². The van der Waals surface area contributed by atoms with E-state index in [0.717, 1.165) is 12.1 Å². The highest BCUT2D eigenvalue weighted by atomic mass is 16.6. The fraction of sp³-hybridized carbons (Fsp3) is 0.300. The van der Waals surface area contributed by atoms with Crippen LogP contribution in [0.25, 0.3) is 0 Å². The van der Waals surface area contributed by atoms with Gasteiger partial charge in [0.1, 0.15) is 6.10 Å². The third kappa shape index (κ3) is 2.98. The molecule has 2 atom stereocenters. The van der Waals surface area contributed by atoms with Crippen LogP contribution in [0.1, 0.15) is 17.2 Å². The summed E-state index contributed by atoms with van der Waals surface area (Å²) < 4.78 is 0. The van der Waals surface area contributed by atoms with E-state index in [-0.39, 0.29) is 23.4 Å².